The molecule has 2 aromatic rings. The van der Waals surface area contributed by atoms with Gasteiger partial charge in [0.2, 0.25) is 5.88 Å². The molecule has 2 N–H and O–H groups in total. The number of carbonyl (C=O) groups is 1. The Morgan fingerprint density at radius 3 is 2.80 bits per heavy atom. The van der Waals surface area contributed by atoms with Crippen LogP contribution in [0.1, 0.15) is 15.9 Å². The van der Waals surface area contributed by atoms with E-state index in [9.17, 15) is 14.3 Å². The van der Waals surface area contributed by atoms with Crippen LogP contribution in [0.2, 0.25) is 0 Å². The van der Waals surface area contributed by atoms with Gasteiger partial charge in [0.05, 0.1) is 12.7 Å². The number of hydrogen-bond acceptors (Lipinski definition) is 4. The van der Waals surface area contributed by atoms with Gasteiger partial charge in [0.25, 0.3) is 5.91 Å². The van der Waals surface area contributed by atoms with Crippen molar-refractivity contribution in [3.8, 4) is 11.6 Å². The highest BCUT2D eigenvalue weighted by Gasteiger charge is 2.11. The third-order valence-electron chi connectivity index (χ3n) is 2.66. The Hall–Kier alpha value is -2.63. The highest BCUT2D eigenvalue weighted by atomic mass is 19.1. The molecule has 0 saturated heterocycles. The fourth-order valence-corrected chi connectivity index (χ4v) is 1.61. The van der Waals surface area contributed by atoms with Gasteiger partial charge in [-0.05, 0) is 17.7 Å². The number of methoxy groups -OCH3 is 1. The summed E-state index contributed by atoms with van der Waals surface area (Å²) in [5, 5.41) is 12.1. The van der Waals surface area contributed by atoms with Crippen molar-refractivity contribution in [3.05, 3.63) is 53.5 Å². The third kappa shape index (κ3) is 3.23. The molecule has 0 atom stereocenters. The Balaban J connectivity index is 2.00. The molecule has 5 nitrogen and oxygen atoms in total. The lowest BCUT2D eigenvalue weighted by Crippen LogP contribution is -2.23. The molecule has 1 amide bonds. The number of halogens is 1. The molecule has 6 heteroatoms. The summed E-state index contributed by atoms with van der Waals surface area (Å²) < 4.78 is 17.7. The molecule has 1 heterocycles. The Morgan fingerprint density at radius 2 is 2.20 bits per heavy atom. The highest BCUT2D eigenvalue weighted by molar-refractivity contribution is 5.96. The second-order valence-corrected chi connectivity index (χ2v) is 4.05. The van der Waals surface area contributed by atoms with Crippen LogP contribution in [0.5, 0.6) is 11.6 Å². The van der Waals surface area contributed by atoms with Gasteiger partial charge in [-0.2, -0.15) is 0 Å². The second-order valence-electron chi connectivity index (χ2n) is 4.05. The molecule has 20 heavy (non-hydrogen) atoms. The van der Waals surface area contributed by atoms with Gasteiger partial charge in [-0.25, -0.2) is 9.37 Å². The largest absolute Gasteiger partial charge is 0.507 e. The number of nitrogens with zero attached hydrogens (tertiary/aromatic N) is 1. The number of nitrogens with one attached hydrogen (secondary N) is 1. The van der Waals surface area contributed by atoms with Gasteiger partial charge in [0.1, 0.15) is 11.6 Å². The Kier molecular flexibility index (Phi) is 4.14. The smallest absolute Gasteiger partial charge is 0.255 e. The summed E-state index contributed by atoms with van der Waals surface area (Å²) in [5.74, 6) is -0.997. The van der Waals surface area contributed by atoms with Gasteiger partial charge in [0, 0.05) is 24.9 Å². The van der Waals surface area contributed by atoms with Crippen LogP contribution in [-0.4, -0.2) is 23.1 Å². The quantitative estimate of drug-likeness (QED) is 0.894. The summed E-state index contributed by atoms with van der Waals surface area (Å²) in [4.78, 5) is 15.8. The monoisotopic (exact) mass is 276 g/mol. The van der Waals surface area contributed by atoms with Crippen molar-refractivity contribution in [3.63, 3.8) is 0 Å². The number of pyridine rings is 1. The van der Waals surface area contributed by atoms with Crippen molar-refractivity contribution in [1.29, 1.82) is 0 Å². The standard InChI is InChI=1S/C14H13FN2O3/c1-20-13-5-2-9(7-16-13)8-17-14(19)11-4-3-10(15)6-12(11)18/h2-7,18H,8H2,1H3,(H,17,19). The molecule has 0 fully saturated rings. The predicted molar refractivity (Wildman–Crippen MR) is 70.0 cm³/mol. The van der Waals surface area contributed by atoms with E-state index in [1.807, 2.05) is 0 Å². The summed E-state index contributed by atoms with van der Waals surface area (Å²) >= 11 is 0. The number of aromatic hydroxyl groups is 1. The lowest BCUT2D eigenvalue weighted by Gasteiger charge is -2.07. The molecule has 0 bridgehead atoms. The number of phenolic OH excluding ortho intramolecular Hbond substituents is 1. The second kappa shape index (κ2) is 6.01. The summed E-state index contributed by atoms with van der Waals surface area (Å²) in [6.45, 7) is 0.243. The number of rotatable bonds is 4. The first-order chi connectivity index (χ1) is 9.60. The molecule has 0 aliphatic heterocycles. The SMILES string of the molecule is COc1ccc(CNC(=O)c2ccc(F)cc2O)cn1. The van der Waals surface area contributed by atoms with Gasteiger partial charge in [-0.15, -0.1) is 0 Å². The molecular formula is C14H13FN2O3. The lowest BCUT2D eigenvalue weighted by atomic mass is 10.2. The molecule has 0 spiro atoms. The first kappa shape index (κ1) is 13.8. The van der Waals surface area contributed by atoms with Crippen molar-refractivity contribution in [2.75, 3.05) is 7.11 Å². The molecule has 2 rings (SSSR count). The van der Waals surface area contributed by atoms with Crippen LogP contribution < -0.4 is 10.1 Å². The van der Waals surface area contributed by atoms with E-state index in [2.05, 4.69) is 10.3 Å². The summed E-state index contributed by atoms with van der Waals surface area (Å²) in [7, 11) is 1.51. The minimum atomic E-state index is -0.599. The van der Waals surface area contributed by atoms with Crippen molar-refractivity contribution in [1.82, 2.24) is 10.3 Å². The number of amides is 1. The van der Waals surface area contributed by atoms with Crippen LogP contribution in [-0.2, 0) is 6.54 Å². The number of carbonyl (C=O) groups excluding carboxylic acids is 1. The zero-order chi connectivity index (χ0) is 14.5. The van der Waals surface area contributed by atoms with E-state index in [4.69, 9.17) is 4.74 Å². The normalized spacial score (nSPS) is 10.1. The first-order valence-corrected chi connectivity index (χ1v) is 5.86. The van der Waals surface area contributed by atoms with Crippen molar-refractivity contribution in [2.24, 2.45) is 0 Å². The van der Waals surface area contributed by atoms with Crippen LogP contribution in [0, 0.1) is 5.82 Å². The lowest BCUT2D eigenvalue weighted by molar-refractivity contribution is 0.0948. The molecule has 0 aliphatic carbocycles. The highest BCUT2D eigenvalue weighted by Crippen LogP contribution is 2.18. The molecule has 0 radical (unpaired) electrons. The maximum Gasteiger partial charge on any atom is 0.255 e. The van der Waals surface area contributed by atoms with Crippen LogP contribution in [0.25, 0.3) is 0 Å². The minimum Gasteiger partial charge on any atom is -0.507 e. The number of aromatic nitrogens is 1. The molecule has 0 unspecified atom stereocenters. The van der Waals surface area contributed by atoms with E-state index in [-0.39, 0.29) is 12.1 Å². The Labute approximate surface area is 115 Å². The van der Waals surface area contributed by atoms with Crippen LogP contribution in [0.3, 0.4) is 0 Å². The van der Waals surface area contributed by atoms with E-state index in [0.717, 1.165) is 17.7 Å². The topological polar surface area (TPSA) is 71.5 Å². The minimum absolute atomic E-state index is 0.0212. The molecule has 1 aromatic carbocycles. The summed E-state index contributed by atoms with van der Waals surface area (Å²) in [6.07, 6.45) is 1.57. The number of ether oxygens (including phenoxy) is 1. The van der Waals surface area contributed by atoms with Crippen LogP contribution in [0.4, 0.5) is 4.39 Å². The van der Waals surface area contributed by atoms with Crippen molar-refractivity contribution < 1.29 is 19.0 Å². The Bertz CT molecular complexity index is 614. The maximum atomic E-state index is 12.8. The van der Waals surface area contributed by atoms with Crippen molar-refractivity contribution in [2.45, 2.75) is 6.54 Å². The fourth-order valence-electron chi connectivity index (χ4n) is 1.61. The first-order valence-electron chi connectivity index (χ1n) is 5.86. The maximum absolute atomic E-state index is 12.8. The van der Waals surface area contributed by atoms with Gasteiger partial charge >= 0.3 is 0 Å². The number of phenols is 1. The van der Waals surface area contributed by atoms with Gasteiger partial charge in [-0.3, -0.25) is 4.79 Å². The van der Waals surface area contributed by atoms with Crippen molar-refractivity contribution >= 4 is 5.91 Å². The molecular weight excluding hydrogens is 263 g/mol. The predicted octanol–water partition coefficient (Wildman–Crippen LogP) is 1.86. The third-order valence-corrected chi connectivity index (χ3v) is 2.66. The van der Waals surface area contributed by atoms with E-state index < -0.39 is 17.5 Å². The van der Waals surface area contributed by atoms with E-state index in [1.54, 1.807) is 18.3 Å². The van der Waals surface area contributed by atoms with Crippen LogP contribution >= 0.6 is 0 Å². The number of hydrogen-bond donors (Lipinski definition) is 2. The van der Waals surface area contributed by atoms with E-state index in [1.165, 1.54) is 13.2 Å². The average molecular weight is 276 g/mol. The Morgan fingerprint density at radius 1 is 1.40 bits per heavy atom. The van der Waals surface area contributed by atoms with E-state index in [0.29, 0.717) is 5.88 Å². The molecule has 0 aliphatic rings. The average Bonchev–Trinajstić information content (AvgIpc) is 2.45. The summed E-state index contributed by atoms with van der Waals surface area (Å²) in [5.41, 5.74) is 0.800. The van der Waals surface area contributed by atoms with Crippen LogP contribution in [0.15, 0.2) is 36.5 Å². The zero-order valence-corrected chi connectivity index (χ0v) is 10.8. The van der Waals surface area contributed by atoms with E-state index >= 15 is 0 Å². The summed E-state index contributed by atoms with van der Waals surface area (Å²) in [6, 6.07) is 6.67. The molecule has 1 aromatic heterocycles. The zero-order valence-electron chi connectivity index (χ0n) is 10.8. The number of benzene rings is 1. The fraction of sp³-hybridized carbons (Fsp3) is 0.143. The molecule has 0 saturated carbocycles. The van der Waals surface area contributed by atoms with Gasteiger partial charge < -0.3 is 15.2 Å². The van der Waals surface area contributed by atoms with Gasteiger partial charge in [0.15, 0.2) is 0 Å². The van der Waals surface area contributed by atoms with Gasteiger partial charge in [-0.1, -0.05) is 6.07 Å². The molecule has 104 valence electrons.